The fourth-order valence-electron chi connectivity index (χ4n) is 2.28. The second-order valence-corrected chi connectivity index (χ2v) is 5.98. The number of amidine groups is 1. The molecule has 2 aromatic rings. The maximum Gasteiger partial charge on any atom is 0.490 e. The van der Waals surface area contributed by atoms with E-state index in [1.165, 1.54) is 26.4 Å². The average Bonchev–Trinajstić information content (AvgIpc) is 2.72. The van der Waals surface area contributed by atoms with E-state index in [0.717, 1.165) is 0 Å². The van der Waals surface area contributed by atoms with Gasteiger partial charge in [0.15, 0.2) is 17.5 Å². The molecule has 1 atom stereocenters. The highest BCUT2D eigenvalue weighted by Crippen LogP contribution is 2.39. The summed E-state index contributed by atoms with van der Waals surface area (Å²) in [4.78, 5) is 20.6. The summed E-state index contributed by atoms with van der Waals surface area (Å²) in [5.74, 6) is -3.94. The first-order chi connectivity index (χ1) is 14.8. The lowest BCUT2D eigenvalue weighted by molar-refractivity contribution is -0.192. The zero-order valence-corrected chi connectivity index (χ0v) is 16.7. The summed E-state index contributed by atoms with van der Waals surface area (Å²) >= 11 is 0. The van der Waals surface area contributed by atoms with Crippen LogP contribution in [0.3, 0.4) is 0 Å². The van der Waals surface area contributed by atoms with Crippen LogP contribution in [0.2, 0.25) is 0 Å². The number of ether oxygens (including phenoxy) is 2. The number of carbonyl (C=O) groups is 2. The molecule has 0 saturated heterocycles. The van der Waals surface area contributed by atoms with Crippen molar-refractivity contribution in [3.63, 3.8) is 0 Å². The summed E-state index contributed by atoms with van der Waals surface area (Å²) in [6.45, 7) is 0. The molecule has 2 aromatic carbocycles. The van der Waals surface area contributed by atoms with Gasteiger partial charge in [-0.05, 0) is 42.0 Å². The Balaban J connectivity index is 0.000000633. The number of phenolic OH excluding ortho intramolecular Hbond substituents is 1. The van der Waals surface area contributed by atoms with Gasteiger partial charge in [-0.1, -0.05) is 0 Å². The highest BCUT2D eigenvalue weighted by atomic mass is 19.4. The molecule has 0 saturated carbocycles. The highest BCUT2D eigenvalue weighted by Gasteiger charge is 2.38. The van der Waals surface area contributed by atoms with E-state index in [4.69, 9.17) is 30.5 Å². The van der Waals surface area contributed by atoms with Crippen LogP contribution >= 0.6 is 0 Å². The molecular formula is C19H20F3N3O7. The van der Waals surface area contributed by atoms with Gasteiger partial charge in [0.1, 0.15) is 5.84 Å². The average molecular weight is 459 g/mol. The Bertz CT molecular complexity index is 954. The summed E-state index contributed by atoms with van der Waals surface area (Å²) in [5.41, 5.74) is 6.81. The number of hydrogen-bond donors (Lipinski definition) is 6. The van der Waals surface area contributed by atoms with Gasteiger partial charge in [-0.25, -0.2) is 9.59 Å². The van der Waals surface area contributed by atoms with Crippen molar-refractivity contribution in [3.8, 4) is 17.2 Å². The van der Waals surface area contributed by atoms with Crippen LogP contribution in [-0.2, 0) is 9.59 Å². The number of alkyl halides is 3. The molecule has 2 rings (SSSR count). The quantitative estimate of drug-likeness (QED) is 0.268. The lowest BCUT2D eigenvalue weighted by atomic mass is 10.0. The number of aromatic hydroxyl groups is 1. The molecule has 174 valence electrons. The number of nitrogens with two attached hydrogens (primary N) is 1. The molecule has 0 heterocycles. The van der Waals surface area contributed by atoms with Crippen molar-refractivity contribution in [1.82, 2.24) is 0 Å². The van der Waals surface area contributed by atoms with Crippen LogP contribution in [-0.4, -0.2) is 53.5 Å². The minimum absolute atomic E-state index is 0.0747. The van der Waals surface area contributed by atoms with E-state index >= 15 is 0 Å². The third-order valence-corrected chi connectivity index (χ3v) is 3.83. The summed E-state index contributed by atoms with van der Waals surface area (Å²) < 4.78 is 41.9. The van der Waals surface area contributed by atoms with E-state index in [-0.39, 0.29) is 23.1 Å². The predicted molar refractivity (Wildman–Crippen MR) is 106 cm³/mol. The summed E-state index contributed by atoms with van der Waals surface area (Å²) in [5, 5.41) is 36.9. The third kappa shape index (κ3) is 6.97. The fraction of sp³-hybridized carbons (Fsp3) is 0.211. The number of methoxy groups -OCH3 is 2. The lowest BCUT2D eigenvalue weighted by Gasteiger charge is -2.19. The SMILES string of the molecule is COc1cc(C(Nc2ccc(C(=N)N)cc2)C(=O)O)cc(OC)c1O.O=C(O)C(F)(F)F. The minimum Gasteiger partial charge on any atom is -0.502 e. The van der Waals surface area contributed by atoms with Gasteiger partial charge in [0.05, 0.1) is 14.2 Å². The molecule has 1 unspecified atom stereocenters. The van der Waals surface area contributed by atoms with Gasteiger partial charge in [-0.2, -0.15) is 13.2 Å². The number of rotatable bonds is 7. The number of carboxylic acids is 2. The standard InChI is InChI=1S/C17H19N3O5.C2HF3O2/c1-24-12-7-10(8-13(25-2)15(12)21)14(17(22)23)20-11-5-3-9(4-6-11)16(18)19;3-2(4,5)1(6)7/h3-8,14,20-21H,1-2H3,(H3,18,19)(H,22,23);(H,6,7). The maximum absolute atomic E-state index is 11.7. The highest BCUT2D eigenvalue weighted by molar-refractivity contribution is 5.95. The van der Waals surface area contributed by atoms with Crippen molar-refractivity contribution in [2.45, 2.75) is 12.2 Å². The molecule has 0 aliphatic rings. The number of aliphatic carboxylic acids is 2. The van der Waals surface area contributed by atoms with Crippen LogP contribution in [0.25, 0.3) is 0 Å². The van der Waals surface area contributed by atoms with Gasteiger partial charge >= 0.3 is 18.1 Å². The van der Waals surface area contributed by atoms with Gasteiger partial charge in [0.2, 0.25) is 5.75 Å². The van der Waals surface area contributed by atoms with Crippen molar-refractivity contribution >= 4 is 23.5 Å². The minimum atomic E-state index is -5.08. The molecule has 13 heteroatoms. The normalized spacial score (nSPS) is 11.4. The zero-order valence-electron chi connectivity index (χ0n) is 16.7. The van der Waals surface area contributed by atoms with Crippen LogP contribution in [0.15, 0.2) is 36.4 Å². The van der Waals surface area contributed by atoms with Gasteiger partial charge in [-0.15, -0.1) is 0 Å². The molecule has 32 heavy (non-hydrogen) atoms. The van der Waals surface area contributed by atoms with Crippen molar-refractivity contribution in [2.24, 2.45) is 5.73 Å². The number of carboxylic acid groups (broad SMARTS) is 2. The van der Waals surface area contributed by atoms with E-state index in [0.29, 0.717) is 16.8 Å². The Morgan fingerprint density at radius 1 is 1.06 bits per heavy atom. The lowest BCUT2D eigenvalue weighted by Crippen LogP contribution is -2.21. The molecule has 0 aliphatic heterocycles. The first kappa shape index (κ1) is 25.9. The van der Waals surface area contributed by atoms with Gasteiger partial charge in [-0.3, -0.25) is 5.41 Å². The summed E-state index contributed by atoms with van der Waals surface area (Å²) in [7, 11) is 2.73. The molecule has 0 radical (unpaired) electrons. The summed E-state index contributed by atoms with van der Waals surface area (Å²) in [6, 6.07) is 8.22. The predicted octanol–water partition coefficient (Wildman–Crippen LogP) is 2.56. The number of nitrogen functional groups attached to an aromatic ring is 1. The van der Waals surface area contributed by atoms with Crippen molar-refractivity contribution in [1.29, 1.82) is 5.41 Å². The van der Waals surface area contributed by atoms with E-state index < -0.39 is 24.2 Å². The molecule has 0 aliphatic carbocycles. The Labute approximate surface area is 179 Å². The number of halogens is 3. The van der Waals surface area contributed by atoms with Gasteiger partial charge < -0.3 is 35.8 Å². The Morgan fingerprint density at radius 3 is 1.81 bits per heavy atom. The molecule has 0 spiro atoms. The van der Waals surface area contributed by atoms with Gasteiger partial charge in [0.25, 0.3) is 0 Å². The number of hydrogen-bond acceptors (Lipinski definition) is 7. The molecule has 0 aromatic heterocycles. The van der Waals surface area contributed by atoms with Crippen molar-refractivity contribution in [2.75, 3.05) is 19.5 Å². The third-order valence-electron chi connectivity index (χ3n) is 3.83. The first-order valence-corrected chi connectivity index (χ1v) is 8.50. The monoisotopic (exact) mass is 459 g/mol. The first-order valence-electron chi connectivity index (χ1n) is 8.50. The van der Waals surface area contributed by atoms with Gasteiger partial charge in [0, 0.05) is 11.3 Å². The van der Waals surface area contributed by atoms with Crippen LogP contribution in [0.4, 0.5) is 18.9 Å². The van der Waals surface area contributed by atoms with E-state index in [2.05, 4.69) is 5.32 Å². The second kappa shape index (κ2) is 10.7. The fourth-order valence-corrected chi connectivity index (χ4v) is 2.28. The number of phenols is 1. The van der Waals surface area contributed by atoms with Crippen LogP contribution in [0.5, 0.6) is 17.2 Å². The van der Waals surface area contributed by atoms with E-state index in [1.807, 2.05) is 0 Å². The maximum atomic E-state index is 11.7. The number of benzene rings is 2. The molecule has 0 bridgehead atoms. The Kier molecular flexibility index (Phi) is 8.69. The Hall–Kier alpha value is -4.16. The van der Waals surface area contributed by atoms with E-state index in [1.54, 1.807) is 24.3 Å². The Morgan fingerprint density at radius 2 is 1.50 bits per heavy atom. The topological polar surface area (TPSA) is 175 Å². The molecule has 0 amide bonds. The number of nitrogens with one attached hydrogen (secondary N) is 2. The molecule has 10 nitrogen and oxygen atoms in total. The number of anilines is 1. The molecular weight excluding hydrogens is 439 g/mol. The smallest absolute Gasteiger partial charge is 0.490 e. The molecule has 7 N–H and O–H groups in total. The van der Waals surface area contributed by atoms with Crippen LogP contribution in [0, 0.1) is 5.41 Å². The largest absolute Gasteiger partial charge is 0.502 e. The van der Waals surface area contributed by atoms with Crippen LogP contribution < -0.4 is 20.5 Å². The summed E-state index contributed by atoms with van der Waals surface area (Å²) in [6.07, 6.45) is -5.08. The second-order valence-electron chi connectivity index (χ2n) is 5.98. The van der Waals surface area contributed by atoms with Crippen molar-refractivity contribution < 1.29 is 47.6 Å². The zero-order chi connectivity index (χ0) is 24.6. The van der Waals surface area contributed by atoms with E-state index in [9.17, 15) is 28.2 Å². The van der Waals surface area contributed by atoms with Crippen molar-refractivity contribution in [3.05, 3.63) is 47.5 Å². The van der Waals surface area contributed by atoms with Crippen LogP contribution in [0.1, 0.15) is 17.2 Å². The molecule has 0 fully saturated rings.